The van der Waals surface area contributed by atoms with Crippen LogP contribution < -0.4 is 5.73 Å². The summed E-state index contributed by atoms with van der Waals surface area (Å²) in [6.07, 6.45) is 2.54. The molecule has 0 amide bonds. The summed E-state index contributed by atoms with van der Waals surface area (Å²) in [5.74, 6) is 1.00. The summed E-state index contributed by atoms with van der Waals surface area (Å²) in [7, 11) is 0. The second kappa shape index (κ2) is 2.67. The molecule has 3 N–H and O–H groups in total. The van der Waals surface area contributed by atoms with Gasteiger partial charge < -0.3 is 10.8 Å². The van der Waals surface area contributed by atoms with Crippen LogP contribution in [0.1, 0.15) is 19.8 Å². The minimum atomic E-state index is 0.234. The van der Waals surface area contributed by atoms with E-state index in [1.54, 1.807) is 0 Å². The topological polar surface area (TPSA) is 46.2 Å². The Balaban J connectivity index is 2.22. The highest BCUT2D eigenvalue weighted by molar-refractivity contribution is 4.86. The molecule has 1 aliphatic carbocycles. The van der Waals surface area contributed by atoms with Crippen molar-refractivity contribution in [2.75, 3.05) is 6.61 Å². The maximum Gasteiger partial charge on any atom is 0.0471 e. The van der Waals surface area contributed by atoms with Crippen LogP contribution >= 0.6 is 0 Å². The maximum atomic E-state index is 8.70. The molecule has 0 saturated heterocycles. The SMILES string of the molecule is CC(CO)C(N)C1CC1. The largest absolute Gasteiger partial charge is 0.396 e. The van der Waals surface area contributed by atoms with Crippen LogP contribution in [0, 0.1) is 11.8 Å². The lowest BCUT2D eigenvalue weighted by Gasteiger charge is -2.15. The number of aliphatic hydroxyl groups excluding tert-OH is 1. The lowest BCUT2D eigenvalue weighted by Crippen LogP contribution is -2.32. The minimum Gasteiger partial charge on any atom is -0.396 e. The van der Waals surface area contributed by atoms with Crippen LogP contribution in [-0.2, 0) is 0 Å². The van der Waals surface area contributed by atoms with Gasteiger partial charge in [0.25, 0.3) is 0 Å². The predicted molar refractivity (Wildman–Crippen MR) is 36.9 cm³/mol. The minimum absolute atomic E-state index is 0.234. The zero-order valence-electron chi connectivity index (χ0n) is 5.88. The first-order valence-electron chi connectivity index (χ1n) is 3.62. The summed E-state index contributed by atoms with van der Waals surface area (Å²) in [5.41, 5.74) is 5.77. The van der Waals surface area contributed by atoms with Crippen molar-refractivity contribution in [1.82, 2.24) is 0 Å². The molecule has 0 aromatic rings. The Morgan fingerprint density at radius 3 is 2.56 bits per heavy atom. The predicted octanol–water partition coefficient (Wildman–Crippen LogP) is 0.352. The summed E-state index contributed by atoms with van der Waals surface area (Å²) >= 11 is 0. The maximum absolute atomic E-state index is 8.70. The first-order chi connectivity index (χ1) is 4.25. The highest BCUT2D eigenvalue weighted by atomic mass is 16.3. The number of hydrogen-bond acceptors (Lipinski definition) is 2. The standard InChI is InChI=1S/C7H15NO/c1-5(4-9)7(8)6-2-3-6/h5-7,9H,2-4,8H2,1H3. The molecule has 1 aliphatic rings. The van der Waals surface area contributed by atoms with Crippen molar-refractivity contribution >= 4 is 0 Å². The van der Waals surface area contributed by atoms with Crippen LogP contribution in [0.5, 0.6) is 0 Å². The van der Waals surface area contributed by atoms with Crippen LogP contribution in [0.25, 0.3) is 0 Å². The normalized spacial score (nSPS) is 25.7. The lowest BCUT2D eigenvalue weighted by molar-refractivity contribution is 0.208. The molecular weight excluding hydrogens is 114 g/mol. The molecule has 0 spiro atoms. The van der Waals surface area contributed by atoms with Gasteiger partial charge in [-0.1, -0.05) is 6.92 Å². The van der Waals surface area contributed by atoms with Crippen molar-refractivity contribution in [3.63, 3.8) is 0 Å². The molecule has 0 bridgehead atoms. The third-order valence-corrected chi connectivity index (χ3v) is 2.11. The van der Waals surface area contributed by atoms with E-state index in [0.29, 0.717) is 5.92 Å². The fourth-order valence-corrected chi connectivity index (χ4v) is 1.07. The third kappa shape index (κ3) is 1.66. The number of aliphatic hydroxyl groups is 1. The molecule has 0 heterocycles. The zero-order chi connectivity index (χ0) is 6.85. The van der Waals surface area contributed by atoms with Gasteiger partial charge in [-0.25, -0.2) is 0 Å². The molecule has 0 aliphatic heterocycles. The van der Waals surface area contributed by atoms with E-state index in [2.05, 4.69) is 0 Å². The van der Waals surface area contributed by atoms with E-state index in [4.69, 9.17) is 10.8 Å². The van der Waals surface area contributed by atoms with Crippen LogP contribution in [0.15, 0.2) is 0 Å². The van der Waals surface area contributed by atoms with Crippen molar-refractivity contribution in [3.8, 4) is 0 Å². The van der Waals surface area contributed by atoms with Gasteiger partial charge in [-0.15, -0.1) is 0 Å². The summed E-state index contributed by atoms with van der Waals surface area (Å²) in [6, 6.07) is 0.245. The van der Waals surface area contributed by atoms with Crippen LogP contribution in [0.2, 0.25) is 0 Å². The number of rotatable bonds is 3. The van der Waals surface area contributed by atoms with E-state index < -0.39 is 0 Å². The second-order valence-electron chi connectivity index (χ2n) is 3.07. The molecule has 2 nitrogen and oxygen atoms in total. The van der Waals surface area contributed by atoms with Gasteiger partial charge in [0.05, 0.1) is 0 Å². The summed E-state index contributed by atoms with van der Waals surface area (Å²) < 4.78 is 0. The van der Waals surface area contributed by atoms with Crippen molar-refractivity contribution in [2.45, 2.75) is 25.8 Å². The number of hydrogen-bond donors (Lipinski definition) is 2. The molecule has 1 saturated carbocycles. The monoisotopic (exact) mass is 129 g/mol. The van der Waals surface area contributed by atoms with Gasteiger partial charge in [0, 0.05) is 12.6 Å². The quantitative estimate of drug-likeness (QED) is 0.577. The molecule has 54 valence electrons. The van der Waals surface area contributed by atoms with Gasteiger partial charge in [-0.3, -0.25) is 0 Å². The average Bonchev–Trinajstić information content (AvgIpc) is 2.66. The summed E-state index contributed by atoms with van der Waals surface area (Å²) in [4.78, 5) is 0. The van der Waals surface area contributed by atoms with Crippen LogP contribution in [0.3, 0.4) is 0 Å². The van der Waals surface area contributed by atoms with Crippen LogP contribution in [0.4, 0.5) is 0 Å². The molecule has 2 atom stereocenters. The first kappa shape index (κ1) is 7.03. The Bertz CT molecular complexity index is 90.9. The van der Waals surface area contributed by atoms with Gasteiger partial charge in [-0.2, -0.15) is 0 Å². The van der Waals surface area contributed by atoms with E-state index in [1.807, 2.05) is 6.92 Å². The van der Waals surface area contributed by atoms with Crippen LogP contribution in [-0.4, -0.2) is 17.8 Å². The molecule has 1 rings (SSSR count). The average molecular weight is 129 g/mol. The fourth-order valence-electron chi connectivity index (χ4n) is 1.07. The molecular formula is C7H15NO. The summed E-state index contributed by atoms with van der Waals surface area (Å²) in [6.45, 7) is 2.24. The second-order valence-corrected chi connectivity index (χ2v) is 3.07. The Labute approximate surface area is 56.1 Å². The van der Waals surface area contributed by atoms with E-state index >= 15 is 0 Å². The molecule has 1 fully saturated rings. The highest BCUT2D eigenvalue weighted by Crippen LogP contribution is 2.34. The van der Waals surface area contributed by atoms with Gasteiger partial charge >= 0.3 is 0 Å². The Morgan fingerprint density at radius 2 is 2.22 bits per heavy atom. The van der Waals surface area contributed by atoms with Gasteiger partial charge in [0.2, 0.25) is 0 Å². The van der Waals surface area contributed by atoms with E-state index in [-0.39, 0.29) is 18.6 Å². The molecule has 0 aromatic carbocycles. The molecule has 9 heavy (non-hydrogen) atoms. The Morgan fingerprint density at radius 1 is 1.67 bits per heavy atom. The van der Waals surface area contributed by atoms with Crippen molar-refractivity contribution in [3.05, 3.63) is 0 Å². The molecule has 2 unspecified atom stereocenters. The van der Waals surface area contributed by atoms with E-state index in [0.717, 1.165) is 0 Å². The molecule has 0 radical (unpaired) electrons. The highest BCUT2D eigenvalue weighted by Gasteiger charge is 2.31. The smallest absolute Gasteiger partial charge is 0.0471 e. The van der Waals surface area contributed by atoms with E-state index in [9.17, 15) is 0 Å². The van der Waals surface area contributed by atoms with E-state index in [1.165, 1.54) is 12.8 Å². The first-order valence-corrected chi connectivity index (χ1v) is 3.62. The van der Waals surface area contributed by atoms with Gasteiger partial charge in [0.1, 0.15) is 0 Å². The van der Waals surface area contributed by atoms with Gasteiger partial charge in [0.15, 0.2) is 0 Å². The Kier molecular flexibility index (Phi) is 2.09. The summed E-state index contributed by atoms with van der Waals surface area (Å²) in [5, 5.41) is 8.70. The molecule has 2 heteroatoms. The third-order valence-electron chi connectivity index (χ3n) is 2.11. The van der Waals surface area contributed by atoms with Crippen molar-refractivity contribution in [1.29, 1.82) is 0 Å². The zero-order valence-corrected chi connectivity index (χ0v) is 5.88. The Hall–Kier alpha value is -0.0800. The molecule has 0 aromatic heterocycles. The number of nitrogens with two attached hydrogens (primary N) is 1. The van der Waals surface area contributed by atoms with Crippen molar-refractivity contribution < 1.29 is 5.11 Å². The lowest BCUT2D eigenvalue weighted by atomic mass is 10.00. The fraction of sp³-hybridized carbons (Fsp3) is 1.00. The van der Waals surface area contributed by atoms with Gasteiger partial charge in [-0.05, 0) is 24.7 Å². The van der Waals surface area contributed by atoms with Crippen molar-refractivity contribution in [2.24, 2.45) is 17.6 Å².